The monoisotopic (exact) mass is 375 g/mol. The normalized spacial score (nSPS) is 27.9. The number of likely N-dealkylation sites (tertiary alicyclic amines) is 1. The molecular weight excluding hydrogens is 334 g/mol. The number of carbonyl (C=O) groups excluding carboxylic acids is 2. The summed E-state index contributed by atoms with van der Waals surface area (Å²) < 4.78 is 0. The van der Waals surface area contributed by atoms with E-state index in [0.717, 1.165) is 50.6 Å². The highest BCUT2D eigenvalue weighted by atomic mass is 16.2. The number of carbonyl (C=O) groups is 2. The molecule has 0 aromatic rings. The fourth-order valence-corrected chi connectivity index (χ4v) is 5.72. The number of unbranched alkanes of at least 4 members (excludes halogenated alkanes) is 1. The topological polar surface area (TPSA) is 37.4 Å². The third kappa shape index (κ3) is 6.61. The standard InChI is InChI=1S/C24H41NO2/c26-23(21-12-5-3-1-2-4-6-13-21)15-9-10-16-24(27)25-18-17-20-11-7-8-14-22(20)19-25/h20-22H,1-19H2. The van der Waals surface area contributed by atoms with Crippen molar-refractivity contribution in [3.63, 3.8) is 0 Å². The predicted octanol–water partition coefficient (Wildman–Crippen LogP) is 5.91. The molecule has 3 heteroatoms. The molecule has 2 saturated carbocycles. The summed E-state index contributed by atoms with van der Waals surface area (Å²) in [5.74, 6) is 2.78. The Balaban J connectivity index is 1.32. The molecule has 27 heavy (non-hydrogen) atoms. The van der Waals surface area contributed by atoms with Crippen LogP contribution in [-0.4, -0.2) is 29.7 Å². The Bertz CT molecular complexity index is 465. The molecule has 0 aromatic carbocycles. The highest BCUT2D eigenvalue weighted by Crippen LogP contribution is 2.36. The average Bonchev–Trinajstić information content (AvgIpc) is 2.84. The first-order valence-corrected chi connectivity index (χ1v) is 12.0. The van der Waals surface area contributed by atoms with Gasteiger partial charge in [-0.1, -0.05) is 57.8 Å². The maximum atomic E-state index is 12.6. The van der Waals surface area contributed by atoms with Crippen LogP contribution in [0.5, 0.6) is 0 Å². The fourth-order valence-electron chi connectivity index (χ4n) is 5.72. The number of amides is 1. The number of rotatable bonds is 6. The number of hydrogen-bond acceptors (Lipinski definition) is 2. The highest BCUT2D eigenvalue weighted by Gasteiger charge is 2.32. The first-order chi connectivity index (χ1) is 13.2. The number of piperidine rings is 1. The molecule has 3 aliphatic rings. The molecule has 3 fully saturated rings. The van der Waals surface area contributed by atoms with Crippen molar-refractivity contribution in [1.29, 1.82) is 0 Å². The Kier molecular flexibility index (Phi) is 8.67. The SMILES string of the molecule is O=C(CCCCC(=O)N1CCC2CCCCC2C1)C1CCCCCCCC1. The third-order valence-corrected chi connectivity index (χ3v) is 7.52. The van der Waals surface area contributed by atoms with E-state index in [2.05, 4.69) is 4.90 Å². The molecule has 2 atom stereocenters. The van der Waals surface area contributed by atoms with Gasteiger partial charge in [-0.05, 0) is 50.4 Å². The van der Waals surface area contributed by atoms with E-state index in [9.17, 15) is 9.59 Å². The van der Waals surface area contributed by atoms with Gasteiger partial charge in [-0.3, -0.25) is 9.59 Å². The van der Waals surface area contributed by atoms with Crippen LogP contribution in [0.1, 0.15) is 109 Å². The molecule has 2 unspecified atom stereocenters. The molecule has 0 bridgehead atoms. The summed E-state index contributed by atoms with van der Waals surface area (Å²) in [7, 11) is 0. The molecule has 0 radical (unpaired) electrons. The minimum Gasteiger partial charge on any atom is -0.342 e. The molecule has 1 aliphatic heterocycles. The van der Waals surface area contributed by atoms with E-state index in [4.69, 9.17) is 0 Å². The second kappa shape index (κ2) is 11.2. The maximum absolute atomic E-state index is 12.6. The highest BCUT2D eigenvalue weighted by molar-refractivity contribution is 5.81. The predicted molar refractivity (Wildman–Crippen MR) is 111 cm³/mol. The minimum atomic E-state index is 0.309. The number of Topliss-reactive ketones (excluding diaryl/α,β-unsaturated/α-hetero) is 1. The van der Waals surface area contributed by atoms with Gasteiger partial charge in [0.15, 0.2) is 0 Å². The lowest BCUT2D eigenvalue weighted by Crippen LogP contribution is -2.44. The number of hydrogen-bond donors (Lipinski definition) is 0. The van der Waals surface area contributed by atoms with E-state index in [0.29, 0.717) is 30.4 Å². The van der Waals surface area contributed by atoms with Gasteiger partial charge in [-0.15, -0.1) is 0 Å². The van der Waals surface area contributed by atoms with Crippen LogP contribution in [-0.2, 0) is 9.59 Å². The number of nitrogens with zero attached hydrogens (tertiary/aromatic N) is 1. The first kappa shape index (κ1) is 20.9. The Labute approximate surface area is 166 Å². The lowest BCUT2D eigenvalue weighted by atomic mass is 9.75. The summed E-state index contributed by atoms with van der Waals surface area (Å²) in [6.07, 6.45) is 19.8. The van der Waals surface area contributed by atoms with Crippen LogP contribution in [0.3, 0.4) is 0 Å². The van der Waals surface area contributed by atoms with Gasteiger partial charge in [0.25, 0.3) is 0 Å². The van der Waals surface area contributed by atoms with Gasteiger partial charge >= 0.3 is 0 Å². The van der Waals surface area contributed by atoms with E-state index in [1.54, 1.807) is 0 Å². The summed E-state index contributed by atoms with van der Waals surface area (Å²) >= 11 is 0. The van der Waals surface area contributed by atoms with Crippen LogP contribution < -0.4 is 0 Å². The van der Waals surface area contributed by atoms with E-state index in [-0.39, 0.29) is 0 Å². The Morgan fingerprint density at radius 1 is 0.667 bits per heavy atom. The van der Waals surface area contributed by atoms with Gasteiger partial charge in [-0.2, -0.15) is 0 Å². The molecule has 0 spiro atoms. The molecule has 1 amide bonds. The second-order valence-corrected chi connectivity index (χ2v) is 9.50. The first-order valence-electron chi connectivity index (χ1n) is 12.0. The average molecular weight is 376 g/mol. The van der Waals surface area contributed by atoms with E-state index in [1.165, 1.54) is 70.6 Å². The van der Waals surface area contributed by atoms with Crippen LogP contribution in [0, 0.1) is 17.8 Å². The van der Waals surface area contributed by atoms with Crippen molar-refractivity contribution in [2.45, 2.75) is 109 Å². The van der Waals surface area contributed by atoms with Crippen molar-refractivity contribution in [2.75, 3.05) is 13.1 Å². The Morgan fingerprint density at radius 2 is 1.26 bits per heavy atom. The molecule has 0 N–H and O–H groups in total. The molecular formula is C24H41NO2. The maximum Gasteiger partial charge on any atom is 0.222 e. The molecule has 1 heterocycles. The molecule has 3 nitrogen and oxygen atoms in total. The van der Waals surface area contributed by atoms with Gasteiger partial charge in [-0.25, -0.2) is 0 Å². The summed E-state index contributed by atoms with van der Waals surface area (Å²) in [6, 6.07) is 0. The van der Waals surface area contributed by atoms with Gasteiger partial charge in [0.05, 0.1) is 0 Å². The summed E-state index contributed by atoms with van der Waals surface area (Å²) in [5, 5.41) is 0. The fraction of sp³-hybridized carbons (Fsp3) is 0.917. The molecule has 1 saturated heterocycles. The van der Waals surface area contributed by atoms with Crippen molar-refractivity contribution in [1.82, 2.24) is 4.90 Å². The summed E-state index contributed by atoms with van der Waals surface area (Å²) in [6.45, 7) is 1.98. The summed E-state index contributed by atoms with van der Waals surface area (Å²) in [4.78, 5) is 27.3. The summed E-state index contributed by atoms with van der Waals surface area (Å²) in [5.41, 5.74) is 0. The molecule has 0 aromatic heterocycles. The van der Waals surface area contributed by atoms with Gasteiger partial charge in [0.1, 0.15) is 5.78 Å². The lowest BCUT2D eigenvalue weighted by Gasteiger charge is -2.41. The van der Waals surface area contributed by atoms with Crippen LogP contribution in [0.2, 0.25) is 0 Å². The van der Waals surface area contributed by atoms with Crippen molar-refractivity contribution in [2.24, 2.45) is 17.8 Å². The van der Waals surface area contributed by atoms with Crippen molar-refractivity contribution in [3.8, 4) is 0 Å². The number of fused-ring (bicyclic) bond motifs is 1. The quantitative estimate of drug-likeness (QED) is 0.542. The molecule has 154 valence electrons. The van der Waals surface area contributed by atoms with E-state index < -0.39 is 0 Å². The van der Waals surface area contributed by atoms with Crippen LogP contribution in [0.15, 0.2) is 0 Å². The van der Waals surface area contributed by atoms with Crippen molar-refractivity contribution >= 4 is 11.7 Å². The minimum absolute atomic E-state index is 0.309. The third-order valence-electron chi connectivity index (χ3n) is 7.52. The zero-order valence-corrected chi connectivity index (χ0v) is 17.4. The Morgan fingerprint density at radius 3 is 2.00 bits per heavy atom. The smallest absolute Gasteiger partial charge is 0.222 e. The Hall–Kier alpha value is -0.860. The zero-order valence-electron chi connectivity index (χ0n) is 17.4. The largest absolute Gasteiger partial charge is 0.342 e. The van der Waals surface area contributed by atoms with Crippen LogP contribution in [0.25, 0.3) is 0 Å². The lowest BCUT2D eigenvalue weighted by molar-refractivity contribution is -0.134. The van der Waals surface area contributed by atoms with E-state index in [1.807, 2.05) is 0 Å². The van der Waals surface area contributed by atoms with Crippen molar-refractivity contribution in [3.05, 3.63) is 0 Å². The van der Waals surface area contributed by atoms with Gasteiger partial charge in [0, 0.05) is 31.8 Å². The second-order valence-electron chi connectivity index (χ2n) is 9.50. The molecule has 2 aliphatic carbocycles. The van der Waals surface area contributed by atoms with E-state index >= 15 is 0 Å². The zero-order chi connectivity index (χ0) is 18.9. The number of ketones is 1. The van der Waals surface area contributed by atoms with Gasteiger partial charge in [0.2, 0.25) is 5.91 Å². The van der Waals surface area contributed by atoms with Crippen LogP contribution >= 0.6 is 0 Å². The van der Waals surface area contributed by atoms with Crippen molar-refractivity contribution < 1.29 is 9.59 Å². The molecule has 3 rings (SSSR count). The van der Waals surface area contributed by atoms with Crippen LogP contribution in [0.4, 0.5) is 0 Å². The van der Waals surface area contributed by atoms with Gasteiger partial charge < -0.3 is 4.90 Å².